The summed E-state index contributed by atoms with van der Waals surface area (Å²) in [5, 5.41) is 0. The molecule has 0 aromatic carbocycles. The fraction of sp³-hybridized carbons (Fsp3) is 0.500. The number of rotatable bonds is 2. The Hall–Kier alpha value is 0.0983. The van der Waals surface area contributed by atoms with Crippen molar-refractivity contribution in [3.05, 3.63) is 12.3 Å². The van der Waals surface area contributed by atoms with Gasteiger partial charge in [-0.3, -0.25) is 0 Å². The molecule has 0 aromatic heterocycles. The summed E-state index contributed by atoms with van der Waals surface area (Å²) in [5.41, 5.74) is 0.500. The van der Waals surface area contributed by atoms with Crippen molar-refractivity contribution in [2.24, 2.45) is 10.9 Å². The zero-order valence-electron chi connectivity index (χ0n) is 5.09. The van der Waals surface area contributed by atoms with E-state index in [1.807, 2.05) is 13.8 Å². The van der Waals surface area contributed by atoms with Gasteiger partial charge in [0.05, 0.1) is 0 Å². The molecule has 0 rings (SSSR count). The van der Waals surface area contributed by atoms with Gasteiger partial charge in [-0.25, -0.2) is 0 Å². The molecule has 0 aliphatic carbocycles. The van der Waals surface area contributed by atoms with Crippen LogP contribution in [0.25, 0.3) is 0 Å². The van der Waals surface area contributed by atoms with Crippen molar-refractivity contribution in [3.8, 4) is 0 Å². The fourth-order valence-electron chi connectivity index (χ4n) is 0.149. The number of allylic oxidation sites excluding steroid dienone is 1. The van der Waals surface area contributed by atoms with Crippen molar-refractivity contribution in [3.63, 3.8) is 0 Å². The van der Waals surface area contributed by atoms with Gasteiger partial charge < -0.3 is 17.3 Å². The Morgan fingerprint density at radius 1 is 1.50 bits per heavy atom. The van der Waals surface area contributed by atoms with Gasteiger partial charge in [-0.2, -0.15) is 6.72 Å². The Kier molecular flexibility index (Phi) is 7.19. The maximum Gasteiger partial charge on any atom is 2.00 e. The van der Waals surface area contributed by atoms with Gasteiger partial charge in [-0.05, 0) is 0 Å². The zero-order chi connectivity index (χ0) is 5.86. The summed E-state index contributed by atoms with van der Waals surface area (Å²) < 4.78 is 0. The smallest absolute Gasteiger partial charge is 0.597 e. The molecule has 8 heavy (non-hydrogen) atoms. The second-order valence-corrected chi connectivity index (χ2v) is 1.71. The average molecular weight is 279 g/mol. The van der Waals surface area contributed by atoms with E-state index in [4.69, 9.17) is 13.3 Å². The first kappa shape index (κ1) is 11.0. The van der Waals surface area contributed by atoms with E-state index in [9.17, 15) is 0 Å². The summed E-state index contributed by atoms with van der Waals surface area (Å²) in [6.07, 6.45) is 0. The van der Waals surface area contributed by atoms with Crippen LogP contribution in [0.5, 0.6) is 0 Å². The number of aliphatic imine (C=N–C) groups is 1. The third-order valence-corrected chi connectivity index (χ3v) is 0.741. The molecule has 0 aliphatic rings. The van der Waals surface area contributed by atoms with Gasteiger partial charge in [0, 0.05) is 0 Å². The zero-order valence-corrected chi connectivity index (χ0v) is 8.02. The van der Waals surface area contributed by atoms with Crippen LogP contribution < -0.4 is 0 Å². The Morgan fingerprint density at radius 2 is 1.88 bits per heavy atom. The molecular formula is C6H9NW. The quantitative estimate of drug-likeness (QED) is 0.537. The van der Waals surface area contributed by atoms with Crippen molar-refractivity contribution in [2.45, 2.75) is 13.8 Å². The Balaban J connectivity index is 0. The van der Waals surface area contributed by atoms with Crippen LogP contribution in [-0.4, -0.2) is 6.72 Å². The Morgan fingerprint density at radius 3 is 1.88 bits per heavy atom. The van der Waals surface area contributed by atoms with Crippen LogP contribution in [-0.2, 0) is 21.1 Å². The van der Waals surface area contributed by atoms with Crippen molar-refractivity contribution in [2.75, 3.05) is 0 Å². The first-order chi connectivity index (χ1) is 3.18. The Labute approximate surface area is 65.2 Å². The van der Waals surface area contributed by atoms with E-state index in [2.05, 4.69) is 4.99 Å². The van der Waals surface area contributed by atoms with E-state index >= 15 is 0 Å². The SMILES string of the molecule is [CH-]=NC(=[CH-])C(C)C.[W+2]. The molecule has 0 spiro atoms. The minimum Gasteiger partial charge on any atom is -0.597 e. The molecule has 0 unspecified atom stereocenters. The summed E-state index contributed by atoms with van der Waals surface area (Å²) >= 11 is 0. The number of hydrogen-bond donors (Lipinski definition) is 0. The summed E-state index contributed by atoms with van der Waals surface area (Å²) in [6, 6.07) is 0. The van der Waals surface area contributed by atoms with E-state index in [1.54, 1.807) is 0 Å². The summed E-state index contributed by atoms with van der Waals surface area (Å²) in [7, 11) is 0. The summed E-state index contributed by atoms with van der Waals surface area (Å²) in [5.74, 6) is 0.269. The summed E-state index contributed by atoms with van der Waals surface area (Å²) in [4.78, 5) is 3.28. The molecular weight excluding hydrogens is 270 g/mol. The predicted molar refractivity (Wildman–Crippen MR) is 31.1 cm³/mol. The van der Waals surface area contributed by atoms with E-state index in [1.165, 1.54) is 0 Å². The molecule has 0 atom stereocenters. The van der Waals surface area contributed by atoms with E-state index in [0.29, 0.717) is 5.70 Å². The standard InChI is InChI=1S/C6H9N.W/c1-5(2)6(3)7-4;/h3-5H,1-2H3;/q-2;+2. The Bertz CT molecular complexity index is 86.5. The van der Waals surface area contributed by atoms with Crippen LogP contribution in [0.15, 0.2) is 10.7 Å². The molecule has 0 radical (unpaired) electrons. The van der Waals surface area contributed by atoms with E-state index in [0.717, 1.165) is 0 Å². The first-order valence-electron chi connectivity index (χ1n) is 2.21. The van der Waals surface area contributed by atoms with Gasteiger partial charge in [-0.15, -0.1) is 5.92 Å². The maximum absolute atomic E-state index is 5.24. The first-order valence-corrected chi connectivity index (χ1v) is 2.21. The van der Waals surface area contributed by atoms with Gasteiger partial charge >= 0.3 is 21.1 Å². The van der Waals surface area contributed by atoms with Gasteiger partial charge in [0.1, 0.15) is 0 Å². The fourth-order valence-corrected chi connectivity index (χ4v) is 0.149. The van der Waals surface area contributed by atoms with Gasteiger partial charge in [0.25, 0.3) is 0 Å². The topological polar surface area (TPSA) is 12.4 Å². The second-order valence-electron chi connectivity index (χ2n) is 1.71. The van der Waals surface area contributed by atoms with Gasteiger partial charge in [-0.1, -0.05) is 13.8 Å². The minimum atomic E-state index is 0. The minimum absolute atomic E-state index is 0. The number of nitrogens with zero attached hydrogens (tertiary/aromatic N) is 1. The molecule has 0 amide bonds. The van der Waals surface area contributed by atoms with Crippen LogP contribution in [0, 0.1) is 12.5 Å². The van der Waals surface area contributed by atoms with Crippen LogP contribution in [0.3, 0.4) is 0 Å². The molecule has 0 saturated heterocycles. The van der Waals surface area contributed by atoms with Crippen molar-refractivity contribution in [1.82, 2.24) is 0 Å². The molecule has 2 heteroatoms. The van der Waals surface area contributed by atoms with Crippen LogP contribution >= 0.6 is 0 Å². The molecule has 0 heterocycles. The molecule has 1 nitrogen and oxygen atoms in total. The molecule has 0 fully saturated rings. The number of hydrogen-bond acceptors (Lipinski definition) is 1. The molecule has 0 saturated carbocycles. The average Bonchev–Trinajstić information content (AvgIpc) is 1.65. The van der Waals surface area contributed by atoms with Crippen LogP contribution in [0.2, 0.25) is 0 Å². The van der Waals surface area contributed by atoms with Gasteiger partial charge in [0.15, 0.2) is 0 Å². The predicted octanol–water partition coefficient (Wildman–Crippen LogP) is 1.53. The largest absolute Gasteiger partial charge is 2.00 e. The molecule has 0 N–H and O–H groups in total. The van der Waals surface area contributed by atoms with Crippen molar-refractivity contribution >= 4 is 6.72 Å². The van der Waals surface area contributed by atoms with Crippen LogP contribution in [0.1, 0.15) is 13.8 Å². The third-order valence-electron chi connectivity index (χ3n) is 0.741. The maximum atomic E-state index is 5.24. The summed E-state index contributed by atoms with van der Waals surface area (Å²) in [6.45, 7) is 13.9. The third kappa shape index (κ3) is 4.26. The molecule has 44 valence electrons. The molecule has 0 aromatic rings. The molecule has 0 aliphatic heterocycles. The normalized spacial score (nSPS) is 7.88. The van der Waals surface area contributed by atoms with Crippen LogP contribution in [0.4, 0.5) is 0 Å². The van der Waals surface area contributed by atoms with Crippen molar-refractivity contribution < 1.29 is 21.1 Å². The molecule has 0 bridgehead atoms. The van der Waals surface area contributed by atoms with Crippen molar-refractivity contribution in [1.29, 1.82) is 0 Å². The van der Waals surface area contributed by atoms with E-state index in [-0.39, 0.29) is 27.0 Å². The monoisotopic (exact) mass is 279 g/mol. The van der Waals surface area contributed by atoms with Gasteiger partial charge in [0.2, 0.25) is 0 Å². The van der Waals surface area contributed by atoms with E-state index < -0.39 is 0 Å². The second kappa shape index (κ2) is 5.24.